The Kier molecular flexibility index (Phi) is 3.11. The number of benzene rings is 1. The molecule has 0 radical (unpaired) electrons. The van der Waals surface area contributed by atoms with E-state index in [1.54, 1.807) is 0 Å². The van der Waals surface area contributed by atoms with Crippen molar-refractivity contribution in [2.24, 2.45) is 0 Å². The summed E-state index contributed by atoms with van der Waals surface area (Å²) in [5, 5.41) is 0. The monoisotopic (exact) mass is 186 g/mol. The van der Waals surface area contributed by atoms with E-state index in [0.29, 0.717) is 0 Å². The lowest BCUT2D eigenvalue weighted by atomic mass is 10.2. The predicted molar refractivity (Wildman–Crippen MR) is 61.0 cm³/mol. The summed E-state index contributed by atoms with van der Waals surface area (Å²) in [5.74, 6) is 3.18. The van der Waals surface area contributed by atoms with Gasteiger partial charge in [0.1, 0.15) is 0 Å². The minimum atomic E-state index is -1.46. The first kappa shape index (κ1) is 9.82. The zero-order valence-electron chi connectivity index (χ0n) is 8.17. The lowest BCUT2D eigenvalue weighted by Gasteiger charge is -2.05. The molecule has 0 unspecified atom stereocenters. The first-order chi connectivity index (χ1) is 6.14. The number of hydrogen-bond acceptors (Lipinski definition) is 0. The molecule has 0 nitrogen and oxygen atoms in total. The summed E-state index contributed by atoms with van der Waals surface area (Å²) in [6.45, 7) is 8.18. The molecule has 0 saturated carbocycles. The van der Waals surface area contributed by atoms with Crippen LogP contribution >= 0.6 is 0 Å². The molecule has 1 aromatic carbocycles. The van der Waals surface area contributed by atoms with E-state index >= 15 is 0 Å². The predicted octanol–water partition coefficient (Wildman–Crippen LogP) is 3.01. The van der Waals surface area contributed by atoms with Gasteiger partial charge >= 0.3 is 0 Å². The van der Waals surface area contributed by atoms with Gasteiger partial charge in [-0.05, 0) is 12.1 Å². The van der Waals surface area contributed by atoms with Crippen molar-refractivity contribution in [1.82, 2.24) is 0 Å². The number of rotatable bonds is 1. The van der Waals surface area contributed by atoms with E-state index in [2.05, 4.69) is 31.1 Å². The minimum absolute atomic E-state index is 1.09. The highest BCUT2D eigenvalue weighted by atomic mass is 28.3. The molecule has 0 bridgehead atoms. The van der Waals surface area contributed by atoms with E-state index in [-0.39, 0.29) is 0 Å². The summed E-state index contributed by atoms with van der Waals surface area (Å²) in [4.78, 5) is 0. The molecule has 0 atom stereocenters. The van der Waals surface area contributed by atoms with E-state index in [1.165, 1.54) is 0 Å². The van der Waals surface area contributed by atoms with Crippen molar-refractivity contribution in [3.8, 4) is 11.5 Å². The second-order valence-electron chi connectivity index (χ2n) is 3.54. The molecule has 0 amide bonds. The Balaban J connectivity index is 2.85. The standard InChI is InChI=1S/C12H14Si/c1-4-13(2,3)11-10-12-8-6-5-7-9-12/h4-9H,1H2,2-3H3. The van der Waals surface area contributed by atoms with Crippen molar-refractivity contribution in [1.29, 1.82) is 0 Å². The molecule has 1 heteroatoms. The van der Waals surface area contributed by atoms with Gasteiger partial charge < -0.3 is 0 Å². The topological polar surface area (TPSA) is 0 Å². The molecule has 0 saturated heterocycles. The van der Waals surface area contributed by atoms with Gasteiger partial charge in [0.15, 0.2) is 8.07 Å². The smallest absolute Gasteiger partial charge is 0.121 e. The fraction of sp³-hybridized carbons (Fsp3) is 0.167. The Hall–Kier alpha value is -1.26. The van der Waals surface area contributed by atoms with Gasteiger partial charge in [-0.25, -0.2) is 0 Å². The first-order valence-electron chi connectivity index (χ1n) is 4.36. The van der Waals surface area contributed by atoms with Gasteiger partial charge in [0.2, 0.25) is 0 Å². The average molecular weight is 186 g/mol. The summed E-state index contributed by atoms with van der Waals surface area (Å²) in [5.41, 5.74) is 6.39. The van der Waals surface area contributed by atoms with Gasteiger partial charge in [-0.3, -0.25) is 0 Å². The molecule has 66 valence electrons. The highest BCUT2D eigenvalue weighted by molar-refractivity contribution is 6.89. The lowest BCUT2D eigenvalue weighted by molar-refractivity contribution is 1.65. The fourth-order valence-electron chi connectivity index (χ4n) is 0.806. The fourth-order valence-corrected chi connectivity index (χ4v) is 1.37. The highest BCUT2D eigenvalue weighted by Gasteiger charge is 2.10. The molecule has 13 heavy (non-hydrogen) atoms. The molecule has 0 aliphatic rings. The van der Waals surface area contributed by atoms with E-state index in [9.17, 15) is 0 Å². The zero-order chi connectivity index (χ0) is 9.73. The molecular formula is C12H14Si. The van der Waals surface area contributed by atoms with Gasteiger partial charge in [0.05, 0.1) is 0 Å². The van der Waals surface area contributed by atoms with Crippen LogP contribution in [0.5, 0.6) is 0 Å². The van der Waals surface area contributed by atoms with Crippen LogP contribution in [0.1, 0.15) is 5.56 Å². The van der Waals surface area contributed by atoms with Crippen molar-refractivity contribution in [2.75, 3.05) is 0 Å². The minimum Gasteiger partial charge on any atom is -0.121 e. The molecule has 0 spiro atoms. The van der Waals surface area contributed by atoms with Gasteiger partial charge in [0.25, 0.3) is 0 Å². The van der Waals surface area contributed by atoms with E-state index in [4.69, 9.17) is 0 Å². The first-order valence-corrected chi connectivity index (χ1v) is 7.43. The molecule has 0 aromatic heterocycles. The van der Waals surface area contributed by atoms with Gasteiger partial charge in [-0.1, -0.05) is 42.9 Å². The summed E-state index contributed by atoms with van der Waals surface area (Å²) < 4.78 is 0. The molecule has 0 aliphatic heterocycles. The summed E-state index contributed by atoms with van der Waals surface area (Å²) in [6.07, 6.45) is 0. The number of hydrogen-bond donors (Lipinski definition) is 0. The Bertz CT molecular complexity index is 338. The van der Waals surface area contributed by atoms with Gasteiger partial charge in [0, 0.05) is 5.56 Å². The van der Waals surface area contributed by atoms with Crippen molar-refractivity contribution >= 4 is 8.07 Å². The van der Waals surface area contributed by atoms with Crippen molar-refractivity contribution in [3.63, 3.8) is 0 Å². The van der Waals surface area contributed by atoms with Crippen LogP contribution in [0.3, 0.4) is 0 Å². The second kappa shape index (κ2) is 4.11. The normalized spacial score (nSPS) is 10.0. The van der Waals surface area contributed by atoms with Crippen LogP contribution in [0.25, 0.3) is 0 Å². The largest absolute Gasteiger partial charge is 0.155 e. The maximum absolute atomic E-state index is 3.80. The van der Waals surface area contributed by atoms with Crippen LogP contribution < -0.4 is 0 Å². The highest BCUT2D eigenvalue weighted by Crippen LogP contribution is 2.01. The van der Waals surface area contributed by atoms with Crippen LogP contribution in [0.4, 0.5) is 0 Å². The zero-order valence-corrected chi connectivity index (χ0v) is 9.17. The molecule has 0 heterocycles. The van der Waals surface area contributed by atoms with Gasteiger partial charge in [-0.2, -0.15) is 0 Å². The summed E-state index contributed by atoms with van der Waals surface area (Å²) >= 11 is 0. The Labute approximate surface area is 81.3 Å². The van der Waals surface area contributed by atoms with E-state index in [0.717, 1.165) is 5.56 Å². The second-order valence-corrected chi connectivity index (χ2v) is 7.64. The summed E-state index contributed by atoms with van der Waals surface area (Å²) in [7, 11) is -1.46. The maximum Gasteiger partial charge on any atom is 0.155 e. The third-order valence-corrected chi connectivity index (χ3v) is 3.60. The van der Waals surface area contributed by atoms with Crippen LogP contribution in [0, 0.1) is 11.5 Å². The third-order valence-electron chi connectivity index (χ3n) is 1.81. The molecule has 1 rings (SSSR count). The molecule has 0 fully saturated rings. The molecule has 0 N–H and O–H groups in total. The SMILES string of the molecule is C=C[Si](C)(C)C#Cc1ccccc1. The van der Waals surface area contributed by atoms with Crippen molar-refractivity contribution in [3.05, 3.63) is 48.2 Å². The molecule has 1 aromatic rings. The Morgan fingerprint density at radius 2 is 1.85 bits per heavy atom. The van der Waals surface area contributed by atoms with Crippen molar-refractivity contribution < 1.29 is 0 Å². The summed E-state index contributed by atoms with van der Waals surface area (Å²) in [6, 6.07) is 10.1. The van der Waals surface area contributed by atoms with Crippen LogP contribution in [-0.2, 0) is 0 Å². The van der Waals surface area contributed by atoms with E-state index < -0.39 is 8.07 Å². The quantitative estimate of drug-likeness (QED) is 0.467. The maximum atomic E-state index is 3.80. The Morgan fingerprint density at radius 1 is 1.23 bits per heavy atom. The average Bonchev–Trinajstić information content (AvgIpc) is 2.17. The lowest BCUT2D eigenvalue weighted by Crippen LogP contribution is -2.19. The van der Waals surface area contributed by atoms with Crippen LogP contribution in [-0.4, -0.2) is 8.07 Å². The Morgan fingerprint density at radius 3 is 2.38 bits per heavy atom. The third kappa shape index (κ3) is 3.31. The van der Waals surface area contributed by atoms with Crippen LogP contribution in [0.2, 0.25) is 13.1 Å². The van der Waals surface area contributed by atoms with Gasteiger partial charge in [-0.15, -0.1) is 12.1 Å². The molecule has 0 aliphatic carbocycles. The van der Waals surface area contributed by atoms with Crippen LogP contribution in [0.15, 0.2) is 42.6 Å². The van der Waals surface area contributed by atoms with E-state index in [1.807, 2.05) is 36.0 Å². The molecular weight excluding hydrogens is 172 g/mol. The van der Waals surface area contributed by atoms with Crippen molar-refractivity contribution in [2.45, 2.75) is 13.1 Å².